The Labute approximate surface area is 135 Å². The van der Waals surface area contributed by atoms with E-state index < -0.39 is 0 Å². The number of benzene rings is 1. The number of amides is 1. The van der Waals surface area contributed by atoms with E-state index in [9.17, 15) is 4.79 Å². The Morgan fingerprint density at radius 2 is 2.05 bits per heavy atom. The lowest BCUT2D eigenvalue weighted by Crippen LogP contribution is -2.28. The van der Waals surface area contributed by atoms with Crippen molar-refractivity contribution in [3.05, 3.63) is 36.5 Å². The van der Waals surface area contributed by atoms with E-state index in [1.165, 1.54) is 24.2 Å². The van der Waals surface area contributed by atoms with Crippen LogP contribution in [0.2, 0.25) is 0 Å². The second-order valence-corrected chi connectivity index (χ2v) is 6.71. The van der Waals surface area contributed by atoms with Crippen LogP contribution in [0.5, 0.6) is 0 Å². The molecule has 1 aromatic heterocycles. The zero-order valence-electron chi connectivity index (χ0n) is 12.5. The van der Waals surface area contributed by atoms with Crippen molar-refractivity contribution < 1.29 is 4.79 Å². The quantitative estimate of drug-likeness (QED) is 0.887. The van der Waals surface area contributed by atoms with Crippen molar-refractivity contribution in [2.75, 3.05) is 18.4 Å². The molecule has 1 fully saturated rings. The van der Waals surface area contributed by atoms with Gasteiger partial charge in [0.25, 0.3) is 0 Å². The van der Waals surface area contributed by atoms with Crippen LogP contribution in [0.4, 0.5) is 5.13 Å². The van der Waals surface area contributed by atoms with Gasteiger partial charge >= 0.3 is 0 Å². The predicted octanol–water partition coefficient (Wildman–Crippen LogP) is 3.53. The molecule has 116 valence electrons. The summed E-state index contributed by atoms with van der Waals surface area (Å²) < 4.78 is 0. The first-order chi connectivity index (χ1) is 10.8. The highest BCUT2D eigenvalue weighted by Gasteiger charge is 2.15. The van der Waals surface area contributed by atoms with E-state index in [1.54, 1.807) is 0 Å². The molecule has 1 aromatic carbocycles. The fourth-order valence-electron chi connectivity index (χ4n) is 2.76. The minimum Gasteiger partial charge on any atom is -0.317 e. The minimum absolute atomic E-state index is 0.0764. The topological polar surface area (TPSA) is 54.0 Å². The molecule has 0 saturated carbocycles. The number of anilines is 1. The third-order valence-electron chi connectivity index (χ3n) is 4.05. The summed E-state index contributed by atoms with van der Waals surface area (Å²) in [5, 5.41) is 6.97. The van der Waals surface area contributed by atoms with Crippen LogP contribution < -0.4 is 10.6 Å². The van der Waals surface area contributed by atoms with Crippen LogP contribution in [0.15, 0.2) is 36.5 Å². The number of carbonyl (C=O) groups is 1. The maximum absolute atomic E-state index is 12.0. The van der Waals surface area contributed by atoms with E-state index in [4.69, 9.17) is 0 Å². The fraction of sp³-hybridized carbons (Fsp3) is 0.412. The minimum atomic E-state index is 0.0764. The molecule has 2 heterocycles. The van der Waals surface area contributed by atoms with Gasteiger partial charge in [-0.05, 0) is 43.8 Å². The van der Waals surface area contributed by atoms with Gasteiger partial charge in [-0.1, -0.05) is 41.7 Å². The molecule has 1 saturated heterocycles. The van der Waals surface area contributed by atoms with Gasteiger partial charge in [-0.2, -0.15) is 0 Å². The maximum atomic E-state index is 12.0. The van der Waals surface area contributed by atoms with Crippen molar-refractivity contribution >= 4 is 22.4 Å². The zero-order valence-corrected chi connectivity index (χ0v) is 13.4. The molecule has 1 aliphatic heterocycles. The highest BCUT2D eigenvalue weighted by molar-refractivity contribution is 7.19. The van der Waals surface area contributed by atoms with Crippen LogP contribution in [-0.2, 0) is 4.79 Å². The number of hydrogen-bond donors (Lipinski definition) is 2. The molecule has 22 heavy (non-hydrogen) atoms. The Morgan fingerprint density at radius 3 is 2.82 bits per heavy atom. The largest absolute Gasteiger partial charge is 0.317 e. The Hall–Kier alpha value is -1.72. The molecule has 0 radical (unpaired) electrons. The molecule has 0 unspecified atom stereocenters. The van der Waals surface area contributed by atoms with E-state index in [-0.39, 0.29) is 5.91 Å². The third kappa shape index (κ3) is 4.15. The number of thiazole rings is 1. The Kier molecular flexibility index (Phi) is 5.19. The number of aromatic nitrogens is 1. The highest BCUT2D eigenvalue weighted by Crippen LogP contribution is 2.28. The van der Waals surface area contributed by atoms with Gasteiger partial charge in [0.05, 0.1) is 4.88 Å². The van der Waals surface area contributed by atoms with E-state index in [2.05, 4.69) is 27.8 Å². The molecule has 0 spiro atoms. The molecule has 1 aliphatic rings. The molecule has 0 bridgehead atoms. The van der Waals surface area contributed by atoms with Crippen LogP contribution in [0.1, 0.15) is 25.7 Å². The van der Waals surface area contributed by atoms with E-state index in [0.717, 1.165) is 30.0 Å². The summed E-state index contributed by atoms with van der Waals surface area (Å²) in [6.07, 6.45) is 5.75. The van der Waals surface area contributed by atoms with E-state index in [0.29, 0.717) is 17.5 Å². The Bertz CT molecular complexity index is 605. The third-order valence-corrected chi connectivity index (χ3v) is 5.01. The molecule has 2 aromatic rings. The second-order valence-electron chi connectivity index (χ2n) is 5.68. The van der Waals surface area contributed by atoms with Crippen LogP contribution in [0.3, 0.4) is 0 Å². The lowest BCUT2D eigenvalue weighted by molar-refractivity contribution is -0.116. The number of rotatable bonds is 5. The van der Waals surface area contributed by atoms with Crippen LogP contribution in [0.25, 0.3) is 10.4 Å². The first-order valence-electron chi connectivity index (χ1n) is 7.83. The number of piperidine rings is 1. The second kappa shape index (κ2) is 7.51. The van der Waals surface area contributed by atoms with E-state index in [1.807, 2.05) is 24.4 Å². The van der Waals surface area contributed by atoms with Gasteiger partial charge in [0.2, 0.25) is 5.91 Å². The summed E-state index contributed by atoms with van der Waals surface area (Å²) in [4.78, 5) is 17.4. The molecular weight excluding hydrogens is 294 g/mol. The van der Waals surface area contributed by atoms with Gasteiger partial charge < -0.3 is 10.6 Å². The van der Waals surface area contributed by atoms with Crippen LogP contribution in [-0.4, -0.2) is 24.0 Å². The molecule has 2 N–H and O–H groups in total. The van der Waals surface area contributed by atoms with Gasteiger partial charge in [0.1, 0.15) is 0 Å². The zero-order chi connectivity index (χ0) is 15.2. The number of nitrogens with zero attached hydrogens (tertiary/aromatic N) is 1. The molecule has 5 heteroatoms. The van der Waals surface area contributed by atoms with Gasteiger partial charge in [-0.3, -0.25) is 4.79 Å². The Balaban J connectivity index is 1.50. The summed E-state index contributed by atoms with van der Waals surface area (Å²) in [6.45, 7) is 2.17. The summed E-state index contributed by atoms with van der Waals surface area (Å²) in [6, 6.07) is 10.1. The maximum Gasteiger partial charge on any atom is 0.226 e. The molecule has 4 nitrogen and oxygen atoms in total. The summed E-state index contributed by atoms with van der Waals surface area (Å²) in [5.41, 5.74) is 1.13. The molecule has 0 atom stereocenters. The highest BCUT2D eigenvalue weighted by atomic mass is 32.1. The first-order valence-corrected chi connectivity index (χ1v) is 8.65. The molecule has 0 aliphatic carbocycles. The van der Waals surface area contributed by atoms with Gasteiger partial charge in [0.15, 0.2) is 5.13 Å². The standard InChI is InChI=1S/C17H21N3OS/c21-16(7-6-13-8-10-18-11-9-13)20-17-19-12-15(22-17)14-4-2-1-3-5-14/h1-5,12-13,18H,6-11H2,(H,19,20,21). The van der Waals surface area contributed by atoms with Crippen LogP contribution in [0, 0.1) is 5.92 Å². The summed E-state index contributed by atoms with van der Waals surface area (Å²) >= 11 is 1.52. The predicted molar refractivity (Wildman–Crippen MR) is 91.0 cm³/mol. The summed E-state index contributed by atoms with van der Waals surface area (Å²) in [7, 11) is 0. The molecule has 1 amide bonds. The van der Waals surface area contributed by atoms with Crippen molar-refractivity contribution in [1.29, 1.82) is 0 Å². The SMILES string of the molecule is O=C(CCC1CCNCC1)Nc1ncc(-c2ccccc2)s1. The van der Waals surface area contributed by atoms with Crippen LogP contribution >= 0.6 is 11.3 Å². The number of carbonyl (C=O) groups excluding carboxylic acids is 1. The van der Waals surface area contributed by atoms with Gasteiger partial charge in [0, 0.05) is 12.6 Å². The van der Waals surface area contributed by atoms with Crippen molar-refractivity contribution in [3.63, 3.8) is 0 Å². The van der Waals surface area contributed by atoms with Crippen molar-refractivity contribution in [2.24, 2.45) is 5.92 Å². The average Bonchev–Trinajstić information content (AvgIpc) is 3.03. The lowest BCUT2D eigenvalue weighted by atomic mass is 9.93. The summed E-state index contributed by atoms with van der Waals surface area (Å²) in [5.74, 6) is 0.760. The average molecular weight is 315 g/mol. The van der Waals surface area contributed by atoms with Crippen molar-refractivity contribution in [2.45, 2.75) is 25.7 Å². The van der Waals surface area contributed by atoms with E-state index >= 15 is 0 Å². The molecular formula is C17H21N3OS. The van der Waals surface area contributed by atoms with Gasteiger partial charge in [-0.25, -0.2) is 4.98 Å². The number of nitrogens with one attached hydrogen (secondary N) is 2. The fourth-order valence-corrected chi connectivity index (χ4v) is 3.59. The van der Waals surface area contributed by atoms with Crippen molar-refractivity contribution in [3.8, 4) is 10.4 Å². The lowest BCUT2D eigenvalue weighted by Gasteiger charge is -2.21. The smallest absolute Gasteiger partial charge is 0.226 e. The number of hydrogen-bond acceptors (Lipinski definition) is 4. The first kappa shape index (κ1) is 15.2. The Morgan fingerprint density at radius 1 is 1.27 bits per heavy atom. The normalized spacial score (nSPS) is 15.6. The monoisotopic (exact) mass is 315 g/mol. The van der Waals surface area contributed by atoms with Gasteiger partial charge in [-0.15, -0.1) is 0 Å². The van der Waals surface area contributed by atoms with Crippen molar-refractivity contribution in [1.82, 2.24) is 10.3 Å². The molecule has 3 rings (SSSR count).